The van der Waals surface area contributed by atoms with Crippen molar-refractivity contribution < 1.29 is 9.90 Å². The highest BCUT2D eigenvalue weighted by molar-refractivity contribution is 6.01. The molecule has 0 fully saturated rings. The molecule has 0 aromatic heterocycles. The van der Waals surface area contributed by atoms with Crippen molar-refractivity contribution in [1.82, 2.24) is 5.43 Å². The van der Waals surface area contributed by atoms with Gasteiger partial charge >= 0.3 is 0 Å². The van der Waals surface area contributed by atoms with Crippen molar-refractivity contribution >= 4 is 11.6 Å². The lowest BCUT2D eigenvalue weighted by Gasteiger charge is -2.05. The Balaban J connectivity index is 2.00. The average molecular weight is 282 g/mol. The molecule has 0 aliphatic heterocycles. The van der Waals surface area contributed by atoms with E-state index in [1.807, 2.05) is 37.3 Å². The topological polar surface area (TPSA) is 61.7 Å². The first-order valence-electron chi connectivity index (χ1n) is 6.87. The Kier molecular flexibility index (Phi) is 5.10. The van der Waals surface area contributed by atoms with Gasteiger partial charge in [0, 0.05) is 0 Å². The number of hydrogen-bond donors (Lipinski definition) is 2. The fourth-order valence-electron chi connectivity index (χ4n) is 1.95. The Morgan fingerprint density at radius 2 is 1.76 bits per heavy atom. The van der Waals surface area contributed by atoms with E-state index in [-0.39, 0.29) is 11.7 Å². The third kappa shape index (κ3) is 4.45. The van der Waals surface area contributed by atoms with Gasteiger partial charge in [-0.15, -0.1) is 0 Å². The molecule has 2 rings (SSSR count). The molecule has 0 spiro atoms. The molecule has 2 N–H and O–H groups in total. The molecule has 21 heavy (non-hydrogen) atoms. The van der Waals surface area contributed by atoms with Gasteiger partial charge < -0.3 is 5.11 Å². The lowest BCUT2D eigenvalue weighted by molar-refractivity contribution is -0.120. The van der Waals surface area contributed by atoms with Gasteiger partial charge in [-0.1, -0.05) is 37.3 Å². The molecule has 0 atom stereocenters. The van der Waals surface area contributed by atoms with Crippen molar-refractivity contribution in [3.63, 3.8) is 0 Å². The van der Waals surface area contributed by atoms with Gasteiger partial charge in [0.15, 0.2) is 0 Å². The Morgan fingerprint density at radius 1 is 1.10 bits per heavy atom. The van der Waals surface area contributed by atoms with E-state index in [1.54, 1.807) is 24.3 Å². The minimum Gasteiger partial charge on any atom is -0.508 e. The summed E-state index contributed by atoms with van der Waals surface area (Å²) in [4.78, 5) is 11.9. The first kappa shape index (κ1) is 14.8. The summed E-state index contributed by atoms with van der Waals surface area (Å²) in [6, 6.07) is 16.3. The van der Waals surface area contributed by atoms with Crippen molar-refractivity contribution in [2.45, 2.75) is 19.8 Å². The highest BCUT2D eigenvalue weighted by Gasteiger charge is 2.04. The summed E-state index contributed by atoms with van der Waals surface area (Å²) in [5.74, 6) is 0.0632. The monoisotopic (exact) mass is 282 g/mol. The molecule has 0 aliphatic rings. The fraction of sp³-hybridized carbons (Fsp3) is 0.176. The SMILES string of the molecule is CC/C(=N/NC(=O)Cc1ccccc1)c1ccc(O)cc1. The van der Waals surface area contributed by atoms with Gasteiger partial charge in [-0.3, -0.25) is 4.79 Å². The molecular formula is C17H18N2O2. The molecular weight excluding hydrogens is 264 g/mol. The number of carbonyl (C=O) groups excluding carboxylic acids is 1. The second-order valence-corrected chi connectivity index (χ2v) is 4.66. The molecule has 0 saturated carbocycles. The predicted octanol–water partition coefficient (Wildman–Crippen LogP) is 2.87. The minimum absolute atomic E-state index is 0.147. The van der Waals surface area contributed by atoms with Crippen molar-refractivity contribution in [1.29, 1.82) is 0 Å². The highest BCUT2D eigenvalue weighted by Crippen LogP contribution is 2.11. The minimum atomic E-state index is -0.147. The third-order valence-corrected chi connectivity index (χ3v) is 3.06. The molecule has 0 radical (unpaired) electrons. The van der Waals surface area contributed by atoms with E-state index < -0.39 is 0 Å². The lowest BCUT2D eigenvalue weighted by atomic mass is 10.1. The summed E-state index contributed by atoms with van der Waals surface area (Å²) < 4.78 is 0. The molecule has 0 heterocycles. The van der Waals surface area contributed by atoms with E-state index in [4.69, 9.17) is 0 Å². The van der Waals surface area contributed by atoms with Crippen LogP contribution < -0.4 is 5.43 Å². The fourth-order valence-corrected chi connectivity index (χ4v) is 1.95. The zero-order valence-electron chi connectivity index (χ0n) is 11.9. The summed E-state index contributed by atoms with van der Waals surface area (Å²) in [5.41, 5.74) is 5.19. The molecule has 108 valence electrons. The van der Waals surface area contributed by atoms with Crippen LogP contribution in [0.25, 0.3) is 0 Å². The first-order chi connectivity index (χ1) is 10.2. The number of phenolic OH excluding ortho intramolecular Hbond substituents is 1. The van der Waals surface area contributed by atoms with Gasteiger partial charge in [-0.2, -0.15) is 5.10 Å². The summed E-state index contributed by atoms with van der Waals surface area (Å²) >= 11 is 0. The maximum atomic E-state index is 11.9. The second kappa shape index (κ2) is 7.24. The van der Waals surface area contributed by atoms with E-state index in [0.29, 0.717) is 12.8 Å². The van der Waals surface area contributed by atoms with Crippen LogP contribution in [-0.4, -0.2) is 16.7 Å². The van der Waals surface area contributed by atoms with Crippen LogP contribution in [0.2, 0.25) is 0 Å². The smallest absolute Gasteiger partial charge is 0.244 e. The summed E-state index contributed by atoms with van der Waals surface area (Å²) in [5, 5.41) is 13.5. The zero-order valence-corrected chi connectivity index (χ0v) is 11.9. The van der Waals surface area contributed by atoms with Crippen LogP contribution >= 0.6 is 0 Å². The van der Waals surface area contributed by atoms with Gasteiger partial charge in [0.05, 0.1) is 12.1 Å². The van der Waals surface area contributed by atoms with Crippen molar-refractivity contribution in [3.05, 3.63) is 65.7 Å². The number of amides is 1. The number of hydrazone groups is 1. The number of benzene rings is 2. The van der Waals surface area contributed by atoms with E-state index in [2.05, 4.69) is 10.5 Å². The Labute approximate surface area is 124 Å². The largest absolute Gasteiger partial charge is 0.508 e. The Hall–Kier alpha value is -2.62. The third-order valence-electron chi connectivity index (χ3n) is 3.06. The molecule has 1 amide bonds. The summed E-state index contributed by atoms with van der Waals surface area (Å²) in [6.45, 7) is 1.97. The van der Waals surface area contributed by atoms with E-state index in [0.717, 1.165) is 16.8 Å². The number of nitrogens with one attached hydrogen (secondary N) is 1. The van der Waals surface area contributed by atoms with E-state index in [9.17, 15) is 9.90 Å². The summed E-state index contributed by atoms with van der Waals surface area (Å²) in [7, 11) is 0. The molecule has 4 nitrogen and oxygen atoms in total. The number of rotatable bonds is 5. The number of hydrogen-bond acceptors (Lipinski definition) is 3. The van der Waals surface area contributed by atoms with Crippen LogP contribution in [0.5, 0.6) is 5.75 Å². The first-order valence-corrected chi connectivity index (χ1v) is 6.87. The predicted molar refractivity (Wildman–Crippen MR) is 83.2 cm³/mol. The number of aromatic hydroxyl groups is 1. The maximum absolute atomic E-state index is 11.9. The van der Waals surface area contributed by atoms with Crippen LogP contribution in [0.1, 0.15) is 24.5 Å². The van der Waals surface area contributed by atoms with Gasteiger partial charge in [-0.05, 0) is 41.8 Å². The maximum Gasteiger partial charge on any atom is 0.244 e. The molecule has 2 aromatic rings. The van der Waals surface area contributed by atoms with Crippen LogP contribution in [0, 0.1) is 0 Å². The standard InChI is InChI=1S/C17H18N2O2/c1-2-16(14-8-10-15(20)11-9-14)18-19-17(21)12-13-6-4-3-5-7-13/h3-11,20H,2,12H2,1H3,(H,19,21)/b18-16-. The van der Waals surface area contributed by atoms with Gasteiger partial charge in [0.1, 0.15) is 5.75 Å². The van der Waals surface area contributed by atoms with Gasteiger partial charge in [0.2, 0.25) is 5.91 Å². The van der Waals surface area contributed by atoms with E-state index in [1.165, 1.54) is 0 Å². The molecule has 0 aliphatic carbocycles. The average Bonchev–Trinajstić information content (AvgIpc) is 2.50. The molecule has 0 saturated heterocycles. The number of phenols is 1. The second-order valence-electron chi connectivity index (χ2n) is 4.66. The van der Waals surface area contributed by atoms with Crippen LogP contribution in [-0.2, 0) is 11.2 Å². The van der Waals surface area contributed by atoms with Crippen molar-refractivity contribution in [2.75, 3.05) is 0 Å². The van der Waals surface area contributed by atoms with Crippen molar-refractivity contribution in [2.24, 2.45) is 5.10 Å². The summed E-state index contributed by atoms with van der Waals surface area (Å²) in [6.07, 6.45) is 0.993. The quantitative estimate of drug-likeness (QED) is 0.654. The molecule has 4 heteroatoms. The number of carbonyl (C=O) groups is 1. The lowest BCUT2D eigenvalue weighted by Crippen LogP contribution is -2.21. The van der Waals surface area contributed by atoms with Crippen molar-refractivity contribution in [3.8, 4) is 5.75 Å². The van der Waals surface area contributed by atoms with Crippen LogP contribution in [0.3, 0.4) is 0 Å². The van der Waals surface area contributed by atoms with Gasteiger partial charge in [0.25, 0.3) is 0 Å². The Morgan fingerprint density at radius 3 is 2.38 bits per heavy atom. The molecule has 0 unspecified atom stereocenters. The Bertz CT molecular complexity index is 619. The van der Waals surface area contributed by atoms with Crippen LogP contribution in [0.15, 0.2) is 59.7 Å². The normalized spacial score (nSPS) is 11.2. The van der Waals surface area contributed by atoms with E-state index >= 15 is 0 Å². The molecule has 2 aromatic carbocycles. The number of nitrogens with zero attached hydrogens (tertiary/aromatic N) is 1. The van der Waals surface area contributed by atoms with Gasteiger partial charge in [-0.25, -0.2) is 5.43 Å². The van der Waals surface area contributed by atoms with Crippen LogP contribution in [0.4, 0.5) is 0 Å². The highest BCUT2D eigenvalue weighted by atomic mass is 16.3. The zero-order chi connectivity index (χ0) is 15.1. The molecule has 0 bridgehead atoms.